The van der Waals surface area contributed by atoms with Gasteiger partial charge in [-0.25, -0.2) is 0 Å². The molecule has 164 valence electrons. The number of nitro groups is 1. The molecule has 0 aliphatic carbocycles. The van der Waals surface area contributed by atoms with Crippen LogP contribution in [0, 0.1) is 23.0 Å². The molecule has 1 fully saturated rings. The standard InChI is InChI=1S/C23H27N3O5/c1-16-3-5-17(6-4-16)23(28)18-9-12-25(13-10-18)14-11-22(27)24-20-8-7-19(26(29)30)15-21(20)31-2/h3-8,15,18H,9-14H2,1-2H3,(H,24,27). The van der Waals surface area contributed by atoms with Crippen molar-refractivity contribution >= 4 is 23.1 Å². The van der Waals surface area contributed by atoms with Crippen molar-refractivity contribution in [1.82, 2.24) is 4.90 Å². The first-order chi connectivity index (χ1) is 14.9. The number of rotatable bonds is 8. The van der Waals surface area contributed by atoms with Gasteiger partial charge in [0.1, 0.15) is 5.75 Å². The zero-order chi connectivity index (χ0) is 22.4. The highest BCUT2D eigenvalue weighted by atomic mass is 16.6. The van der Waals surface area contributed by atoms with E-state index in [9.17, 15) is 19.7 Å². The third-order valence-corrected chi connectivity index (χ3v) is 5.62. The minimum atomic E-state index is -0.513. The van der Waals surface area contributed by atoms with Gasteiger partial charge in [-0.2, -0.15) is 0 Å². The number of ether oxygens (including phenoxy) is 1. The summed E-state index contributed by atoms with van der Waals surface area (Å²) in [5, 5.41) is 13.6. The Morgan fingerprint density at radius 2 is 1.84 bits per heavy atom. The summed E-state index contributed by atoms with van der Waals surface area (Å²) in [7, 11) is 1.40. The van der Waals surface area contributed by atoms with E-state index >= 15 is 0 Å². The van der Waals surface area contributed by atoms with E-state index < -0.39 is 4.92 Å². The predicted octanol–water partition coefficient (Wildman–Crippen LogP) is 3.84. The van der Waals surface area contributed by atoms with Gasteiger partial charge in [0, 0.05) is 30.5 Å². The van der Waals surface area contributed by atoms with Gasteiger partial charge in [0.05, 0.1) is 23.8 Å². The van der Waals surface area contributed by atoms with Crippen LogP contribution >= 0.6 is 0 Å². The molecule has 0 saturated carbocycles. The number of ketones is 1. The molecule has 0 radical (unpaired) electrons. The lowest BCUT2D eigenvalue weighted by atomic mass is 9.88. The number of methoxy groups -OCH3 is 1. The molecule has 1 aliphatic heterocycles. The predicted molar refractivity (Wildman–Crippen MR) is 118 cm³/mol. The van der Waals surface area contributed by atoms with Gasteiger partial charge in [0.2, 0.25) is 5.91 Å². The van der Waals surface area contributed by atoms with E-state index in [4.69, 9.17) is 4.74 Å². The maximum Gasteiger partial charge on any atom is 0.273 e. The highest BCUT2D eigenvalue weighted by Gasteiger charge is 2.26. The Hall–Kier alpha value is -3.26. The van der Waals surface area contributed by atoms with Crippen LogP contribution in [0.25, 0.3) is 0 Å². The first-order valence-electron chi connectivity index (χ1n) is 10.3. The van der Waals surface area contributed by atoms with E-state index in [-0.39, 0.29) is 35.5 Å². The third-order valence-electron chi connectivity index (χ3n) is 5.62. The number of nitrogens with zero attached hydrogens (tertiary/aromatic N) is 2. The van der Waals surface area contributed by atoms with Gasteiger partial charge in [-0.05, 0) is 38.9 Å². The number of Topliss-reactive ketones (excluding diaryl/α,β-unsaturated/α-hetero) is 1. The van der Waals surface area contributed by atoms with Crippen molar-refractivity contribution < 1.29 is 19.2 Å². The summed E-state index contributed by atoms with van der Waals surface area (Å²) in [6.07, 6.45) is 1.85. The molecule has 0 spiro atoms. The van der Waals surface area contributed by atoms with Crippen molar-refractivity contribution in [3.05, 3.63) is 63.7 Å². The van der Waals surface area contributed by atoms with Crippen molar-refractivity contribution in [2.75, 3.05) is 32.1 Å². The van der Waals surface area contributed by atoms with Crippen molar-refractivity contribution in [1.29, 1.82) is 0 Å². The number of nitro benzene ring substituents is 1. The van der Waals surface area contributed by atoms with Crippen molar-refractivity contribution in [3.63, 3.8) is 0 Å². The van der Waals surface area contributed by atoms with E-state index in [1.54, 1.807) is 0 Å². The topological polar surface area (TPSA) is 102 Å². The number of anilines is 1. The maximum atomic E-state index is 12.7. The summed E-state index contributed by atoms with van der Waals surface area (Å²) < 4.78 is 5.15. The molecule has 31 heavy (non-hydrogen) atoms. The average Bonchev–Trinajstić information content (AvgIpc) is 2.78. The van der Waals surface area contributed by atoms with Crippen LogP contribution in [0.3, 0.4) is 0 Å². The van der Waals surface area contributed by atoms with Crippen molar-refractivity contribution in [3.8, 4) is 5.75 Å². The third kappa shape index (κ3) is 5.88. The fraction of sp³-hybridized carbons (Fsp3) is 0.391. The molecular weight excluding hydrogens is 398 g/mol. The van der Waals surface area contributed by atoms with Gasteiger partial charge in [0.15, 0.2) is 5.78 Å². The van der Waals surface area contributed by atoms with Crippen molar-refractivity contribution in [2.45, 2.75) is 26.2 Å². The summed E-state index contributed by atoms with van der Waals surface area (Å²) in [4.78, 5) is 37.6. The Labute approximate surface area is 181 Å². The van der Waals surface area contributed by atoms with Crippen LogP contribution in [-0.4, -0.2) is 48.3 Å². The number of likely N-dealkylation sites (tertiary alicyclic amines) is 1. The zero-order valence-electron chi connectivity index (χ0n) is 17.8. The molecule has 1 N–H and O–H groups in total. The van der Waals surface area contributed by atoms with Crippen LogP contribution in [0.1, 0.15) is 35.2 Å². The first kappa shape index (κ1) is 22.4. The summed E-state index contributed by atoms with van der Waals surface area (Å²) >= 11 is 0. The van der Waals surface area contributed by atoms with Gasteiger partial charge in [0.25, 0.3) is 5.69 Å². The normalized spacial score (nSPS) is 14.8. The second-order valence-corrected chi connectivity index (χ2v) is 7.79. The van der Waals surface area contributed by atoms with Gasteiger partial charge >= 0.3 is 0 Å². The highest BCUT2D eigenvalue weighted by molar-refractivity contribution is 5.98. The summed E-state index contributed by atoms with van der Waals surface area (Å²) in [5.74, 6) is 0.280. The lowest BCUT2D eigenvalue weighted by Gasteiger charge is -2.31. The van der Waals surface area contributed by atoms with Crippen LogP contribution < -0.4 is 10.1 Å². The number of carbonyl (C=O) groups excluding carboxylic acids is 2. The smallest absolute Gasteiger partial charge is 0.273 e. The van der Waals surface area contributed by atoms with E-state index in [2.05, 4.69) is 10.2 Å². The molecule has 1 saturated heterocycles. The molecule has 0 unspecified atom stereocenters. The largest absolute Gasteiger partial charge is 0.494 e. The quantitative estimate of drug-likeness (QED) is 0.392. The van der Waals surface area contributed by atoms with Crippen LogP contribution in [0.15, 0.2) is 42.5 Å². The Kier molecular flexibility index (Phi) is 7.36. The second-order valence-electron chi connectivity index (χ2n) is 7.79. The Morgan fingerprint density at radius 3 is 2.45 bits per heavy atom. The number of nitrogens with one attached hydrogen (secondary N) is 1. The molecule has 0 aromatic heterocycles. The average molecular weight is 425 g/mol. The monoisotopic (exact) mass is 425 g/mol. The van der Waals surface area contributed by atoms with Gasteiger partial charge in [-0.3, -0.25) is 19.7 Å². The van der Waals surface area contributed by atoms with Crippen LogP contribution in [0.5, 0.6) is 5.75 Å². The maximum absolute atomic E-state index is 12.7. The second kappa shape index (κ2) is 10.2. The van der Waals surface area contributed by atoms with Crippen LogP contribution in [-0.2, 0) is 4.79 Å². The van der Waals surface area contributed by atoms with Gasteiger partial charge in [-0.1, -0.05) is 29.8 Å². The molecule has 1 heterocycles. The Bertz CT molecular complexity index is 950. The summed E-state index contributed by atoms with van der Waals surface area (Å²) in [5.41, 5.74) is 2.20. The molecule has 2 aromatic carbocycles. The number of benzene rings is 2. The number of amides is 1. The van der Waals surface area contributed by atoms with E-state index in [0.717, 1.165) is 37.1 Å². The van der Waals surface area contributed by atoms with Crippen LogP contribution in [0.2, 0.25) is 0 Å². The molecule has 0 atom stereocenters. The summed E-state index contributed by atoms with van der Waals surface area (Å²) in [6.45, 7) is 4.14. The lowest BCUT2D eigenvalue weighted by molar-refractivity contribution is -0.384. The number of hydrogen-bond acceptors (Lipinski definition) is 6. The molecule has 2 aromatic rings. The number of piperidine rings is 1. The van der Waals surface area contributed by atoms with E-state index in [1.165, 1.54) is 25.3 Å². The molecule has 1 amide bonds. The first-order valence-corrected chi connectivity index (χ1v) is 10.3. The van der Waals surface area contributed by atoms with Gasteiger partial charge in [-0.15, -0.1) is 0 Å². The molecule has 1 aliphatic rings. The minimum Gasteiger partial charge on any atom is -0.494 e. The van der Waals surface area contributed by atoms with E-state index in [0.29, 0.717) is 12.2 Å². The lowest BCUT2D eigenvalue weighted by Crippen LogP contribution is -2.38. The minimum absolute atomic E-state index is 0.0251. The molecule has 3 rings (SSSR count). The molecule has 0 bridgehead atoms. The van der Waals surface area contributed by atoms with Crippen molar-refractivity contribution in [2.24, 2.45) is 5.92 Å². The Balaban J connectivity index is 1.46. The number of carbonyl (C=O) groups is 2. The SMILES string of the molecule is COc1cc([N+](=O)[O-])ccc1NC(=O)CCN1CCC(C(=O)c2ccc(C)cc2)CC1. The highest BCUT2D eigenvalue weighted by Crippen LogP contribution is 2.29. The fourth-order valence-electron chi connectivity index (χ4n) is 3.74. The number of aryl methyl sites for hydroxylation is 1. The molecule has 8 nitrogen and oxygen atoms in total. The summed E-state index contributed by atoms with van der Waals surface area (Å²) in [6, 6.07) is 11.8. The zero-order valence-corrected chi connectivity index (χ0v) is 17.8. The Morgan fingerprint density at radius 1 is 1.16 bits per heavy atom. The van der Waals surface area contributed by atoms with Gasteiger partial charge < -0.3 is 15.0 Å². The molecular formula is C23H27N3O5. The number of non-ortho nitro benzene ring substituents is 1. The van der Waals surface area contributed by atoms with E-state index in [1.807, 2.05) is 31.2 Å². The van der Waals surface area contributed by atoms with Crippen LogP contribution in [0.4, 0.5) is 11.4 Å². The molecule has 8 heteroatoms. The fourth-order valence-corrected chi connectivity index (χ4v) is 3.74. The number of hydrogen-bond donors (Lipinski definition) is 1.